The normalized spacial score (nSPS) is 14.9. The fourth-order valence-corrected chi connectivity index (χ4v) is 12.2. The lowest BCUT2D eigenvalue weighted by molar-refractivity contribution is 0.590. The van der Waals surface area contributed by atoms with Gasteiger partial charge in [-0.25, -0.2) is 0 Å². The third-order valence-corrected chi connectivity index (χ3v) is 15.5. The van der Waals surface area contributed by atoms with Crippen molar-refractivity contribution in [2.24, 2.45) is 0 Å². The molecule has 0 saturated heterocycles. The predicted molar refractivity (Wildman–Crippen MR) is 274 cm³/mol. The van der Waals surface area contributed by atoms with Gasteiger partial charge in [0.05, 0.1) is 11.0 Å². The fraction of sp³-hybridized carbons (Fsp3) is 0.276. The minimum atomic E-state index is -0.0316. The molecule has 6 heterocycles. The molecule has 0 amide bonds. The van der Waals surface area contributed by atoms with Gasteiger partial charge < -0.3 is 14.0 Å². The maximum Gasteiger partial charge on any atom is 0.252 e. The zero-order chi connectivity index (χ0) is 43.6. The molecule has 2 aromatic heterocycles. The van der Waals surface area contributed by atoms with Crippen LogP contribution in [0, 0.1) is 0 Å². The molecule has 0 fully saturated rings. The summed E-state index contributed by atoms with van der Waals surface area (Å²) in [6.07, 6.45) is 0. The monoisotopic (exact) mass is 815 g/mol. The summed E-state index contributed by atoms with van der Waals surface area (Å²) in [5, 5.41) is 5.41. The molecule has 4 aliphatic rings. The van der Waals surface area contributed by atoms with Gasteiger partial charge in [0.15, 0.2) is 0 Å². The first-order valence-electron chi connectivity index (χ1n) is 23.3. The van der Waals surface area contributed by atoms with Crippen LogP contribution < -0.4 is 37.7 Å². The summed E-state index contributed by atoms with van der Waals surface area (Å²) < 4.78 is 5.25. The maximum atomic E-state index is 2.69. The molecule has 4 aliphatic heterocycles. The van der Waals surface area contributed by atoms with Crippen LogP contribution >= 0.6 is 0 Å². The second-order valence-corrected chi connectivity index (χ2v) is 23.5. The Hall–Kier alpha value is -5.93. The Labute approximate surface area is 372 Å². The van der Waals surface area contributed by atoms with Crippen molar-refractivity contribution >= 4 is 107 Å². The first kappa shape index (κ1) is 37.6. The molecule has 5 heteroatoms. The molecule has 308 valence electrons. The third-order valence-electron chi connectivity index (χ3n) is 15.5. The van der Waals surface area contributed by atoms with Gasteiger partial charge in [-0.2, -0.15) is 0 Å². The molecule has 0 radical (unpaired) electrons. The highest BCUT2D eigenvalue weighted by Gasteiger charge is 2.50. The Kier molecular flexibility index (Phi) is 6.93. The number of anilines is 3. The summed E-state index contributed by atoms with van der Waals surface area (Å²) in [6.45, 7) is 28.4. The predicted octanol–water partition coefficient (Wildman–Crippen LogP) is 10.8. The van der Waals surface area contributed by atoms with Gasteiger partial charge in [-0.1, -0.05) is 144 Å². The highest BCUT2D eigenvalue weighted by molar-refractivity contribution is 7.04. The molecule has 0 aliphatic carbocycles. The summed E-state index contributed by atoms with van der Waals surface area (Å²) >= 11 is 0. The van der Waals surface area contributed by atoms with Crippen LogP contribution in [0.2, 0.25) is 0 Å². The van der Waals surface area contributed by atoms with Crippen LogP contribution in [-0.2, 0) is 21.7 Å². The lowest BCUT2D eigenvalue weighted by atomic mass is 9.29. The van der Waals surface area contributed by atoms with Crippen molar-refractivity contribution in [3.63, 3.8) is 0 Å². The molecule has 0 N–H and O–H groups in total. The van der Waals surface area contributed by atoms with Crippen molar-refractivity contribution in [1.82, 2.24) is 9.13 Å². The van der Waals surface area contributed by atoms with E-state index in [2.05, 4.69) is 212 Å². The average Bonchev–Trinajstić information content (AvgIpc) is 3.74. The Morgan fingerprint density at radius 2 is 0.841 bits per heavy atom. The smallest absolute Gasteiger partial charge is 0.252 e. The molecular formula is C58H55B2N3. The summed E-state index contributed by atoms with van der Waals surface area (Å²) in [4.78, 5) is 2.69. The molecule has 13 rings (SSSR count). The van der Waals surface area contributed by atoms with E-state index in [1.54, 1.807) is 0 Å². The van der Waals surface area contributed by atoms with Crippen LogP contribution in [0.25, 0.3) is 55.0 Å². The van der Waals surface area contributed by atoms with Crippen LogP contribution in [0.15, 0.2) is 115 Å². The van der Waals surface area contributed by atoms with Crippen LogP contribution in [0.1, 0.15) is 105 Å². The molecule has 9 aromatic rings. The Morgan fingerprint density at radius 1 is 0.349 bits per heavy atom. The second kappa shape index (κ2) is 11.6. The summed E-state index contributed by atoms with van der Waals surface area (Å²) in [5.41, 5.74) is 25.9. The highest BCUT2D eigenvalue weighted by Crippen LogP contribution is 2.46. The average molecular weight is 816 g/mol. The van der Waals surface area contributed by atoms with E-state index in [1.165, 1.54) is 127 Å². The quantitative estimate of drug-likeness (QED) is 0.139. The van der Waals surface area contributed by atoms with Crippen molar-refractivity contribution < 1.29 is 0 Å². The van der Waals surface area contributed by atoms with Gasteiger partial charge in [0.25, 0.3) is 13.4 Å². The van der Waals surface area contributed by atoms with Gasteiger partial charge >= 0.3 is 0 Å². The van der Waals surface area contributed by atoms with Gasteiger partial charge in [-0.3, -0.25) is 0 Å². The van der Waals surface area contributed by atoms with E-state index in [0.717, 1.165) is 0 Å². The standard InChI is InChI=1S/C58H55B2N3/c1-55(2,3)32-19-23-44-37(27-32)36-15-13-16-40-52(36)61(44)47-17-14-18-48-50(47)59(40)41-22-26-49-51-54(41)63(48)46-25-21-34(57(7,8)9)30-42(46)60(51)43-31-35(58(10,11)12)29-39-38-28-33(56(4,5)6)20-24-45(38)62(49)53(39)43/h13-31H,1-12H3. The summed E-state index contributed by atoms with van der Waals surface area (Å²) in [5.74, 6) is 0. The van der Waals surface area contributed by atoms with Crippen LogP contribution in [0.3, 0.4) is 0 Å². The molecule has 0 atom stereocenters. The zero-order valence-electron chi connectivity index (χ0n) is 39.0. The number of hydrogen-bond donors (Lipinski definition) is 0. The first-order chi connectivity index (χ1) is 29.8. The van der Waals surface area contributed by atoms with E-state index in [4.69, 9.17) is 0 Å². The number of para-hydroxylation sites is 1. The van der Waals surface area contributed by atoms with Crippen LogP contribution in [-0.4, -0.2) is 22.6 Å². The number of hydrogen-bond acceptors (Lipinski definition) is 1. The van der Waals surface area contributed by atoms with Gasteiger partial charge in [0.2, 0.25) is 0 Å². The van der Waals surface area contributed by atoms with E-state index >= 15 is 0 Å². The number of benzene rings is 7. The van der Waals surface area contributed by atoms with Crippen molar-refractivity contribution in [2.75, 3.05) is 4.90 Å². The minimum absolute atomic E-state index is 0.00813. The fourth-order valence-electron chi connectivity index (χ4n) is 12.2. The lowest BCUT2D eigenvalue weighted by Crippen LogP contribution is -2.67. The molecule has 0 saturated carbocycles. The third kappa shape index (κ3) is 4.73. The number of rotatable bonds is 0. The molecule has 0 unspecified atom stereocenters. The number of nitrogens with zero attached hydrogens (tertiary/aromatic N) is 3. The van der Waals surface area contributed by atoms with Gasteiger partial charge in [0, 0.05) is 61.0 Å². The van der Waals surface area contributed by atoms with Crippen molar-refractivity contribution in [3.05, 3.63) is 138 Å². The number of fused-ring (bicyclic) bond motifs is 15. The van der Waals surface area contributed by atoms with E-state index in [-0.39, 0.29) is 35.1 Å². The Morgan fingerprint density at radius 3 is 1.49 bits per heavy atom. The van der Waals surface area contributed by atoms with Gasteiger partial charge in [0.1, 0.15) is 0 Å². The van der Waals surface area contributed by atoms with E-state index in [9.17, 15) is 0 Å². The molecule has 3 nitrogen and oxygen atoms in total. The van der Waals surface area contributed by atoms with Crippen molar-refractivity contribution in [1.29, 1.82) is 0 Å². The van der Waals surface area contributed by atoms with Gasteiger partial charge in [-0.15, -0.1) is 0 Å². The zero-order valence-corrected chi connectivity index (χ0v) is 39.0. The minimum Gasteiger partial charge on any atom is -0.312 e. The highest BCUT2D eigenvalue weighted by atomic mass is 15.2. The number of aromatic nitrogens is 2. The van der Waals surface area contributed by atoms with E-state index < -0.39 is 0 Å². The van der Waals surface area contributed by atoms with Crippen LogP contribution in [0.5, 0.6) is 0 Å². The Bertz CT molecular complexity index is 3570. The summed E-state index contributed by atoms with van der Waals surface area (Å²) in [6, 6.07) is 46.3. The molecular weight excluding hydrogens is 760 g/mol. The molecule has 7 aromatic carbocycles. The first-order valence-corrected chi connectivity index (χ1v) is 23.3. The topological polar surface area (TPSA) is 13.1 Å². The SMILES string of the molecule is CC(C)(C)c1ccc2c(c1)B1c3c(ccc4c3N2c2cccc3c2B4c2cccc4c5cc(C(C)(C)C)ccc5n-3c24)-n2c3ccc(C(C)(C)C)cc3c3cc(C(C)(C)C)cc1c32. The molecule has 63 heavy (non-hydrogen) atoms. The van der Waals surface area contributed by atoms with E-state index in [1.807, 2.05) is 0 Å². The van der Waals surface area contributed by atoms with Crippen molar-refractivity contribution in [3.8, 4) is 11.4 Å². The second-order valence-electron chi connectivity index (χ2n) is 23.5. The molecule has 0 spiro atoms. The maximum absolute atomic E-state index is 2.69. The van der Waals surface area contributed by atoms with Gasteiger partial charge in [-0.05, 0) is 131 Å². The molecule has 0 bridgehead atoms. The Balaban J connectivity index is 1.19. The van der Waals surface area contributed by atoms with Crippen LogP contribution in [0.4, 0.5) is 17.1 Å². The van der Waals surface area contributed by atoms with E-state index in [0.29, 0.717) is 0 Å². The van der Waals surface area contributed by atoms with Crippen molar-refractivity contribution in [2.45, 2.75) is 105 Å². The lowest BCUT2D eigenvalue weighted by Gasteiger charge is -2.47. The largest absolute Gasteiger partial charge is 0.312 e. The summed E-state index contributed by atoms with van der Waals surface area (Å²) in [7, 11) is 0.